The molecule has 1 aliphatic rings. The fourth-order valence-electron chi connectivity index (χ4n) is 2.88. The molecule has 2 atom stereocenters. The van der Waals surface area contributed by atoms with Crippen molar-refractivity contribution in [2.24, 2.45) is 5.92 Å². The molecule has 1 aromatic heterocycles. The van der Waals surface area contributed by atoms with Crippen molar-refractivity contribution in [1.82, 2.24) is 15.0 Å². The zero-order valence-electron chi connectivity index (χ0n) is 11.2. The number of quaternary nitrogens is 1. The minimum atomic E-state index is -0.0312. The predicted octanol–water partition coefficient (Wildman–Crippen LogP) is 0.0638. The Hall–Kier alpha value is -1.75. The highest BCUT2D eigenvalue weighted by Gasteiger charge is 2.20. The fourth-order valence-corrected chi connectivity index (χ4v) is 2.88. The zero-order valence-corrected chi connectivity index (χ0v) is 11.2. The van der Waals surface area contributed by atoms with Gasteiger partial charge in [-0.15, -0.1) is 5.10 Å². The number of aromatic nitrogens is 3. The SMILES string of the molecule is C[C@H]1CCC[NH+](Cn2nnc3ccccc3c2=O)C1. The lowest BCUT2D eigenvalue weighted by atomic mass is 10.0. The quantitative estimate of drug-likeness (QED) is 0.830. The fraction of sp³-hybridized carbons (Fsp3) is 0.500. The number of rotatable bonds is 2. The highest BCUT2D eigenvalue weighted by atomic mass is 16.1. The van der Waals surface area contributed by atoms with Crippen molar-refractivity contribution in [2.45, 2.75) is 26.4 Å². The second-order valence-electron chi connectivity index (χ2n) is 5.52. The Labute approximate surface area is 111 Å². The van der Waals surface area contributed by atoms with Gasteiger partial charge in [-0.25, -0.2) is 0 Å². The average Bonchev–Trinajstić information content (AvgIpc) is 2.42. The molecule has 1 aliphatic heterocycles. The third-order valence-corrected chi connectivity index (χ3v) is 3.87. The minimum Gasteiger partial charge on any atom is -0.316 e. The van der Waals surface area contributed by atoms with Crippen LogP contribution >= 0.6 is 0 Å². The van der Waals surface area contributed by atoms with Crippen LogP contribution in [0.5, 0.6) is 0 Å². The smallest absolute Gasteiger partial charge is 0.282 e. The number of hydrogen-bond donors (Lipinski definition) is 1. The molecule has 1 saturated heterocycles. The molecule has 19 heavy (non-hydrogen) atoms. The first-order valence-corrected chi connectivity index (χ1v) is 6.90. The van der Waals surface area contributed by atoms with Gasteiger partial charge in [0.05, 0.1) is 18.5 Å². The van der Waals surface area contributed by atoms with E-state index < -0.39 is 0 Å². The highest BCUT2D eigenvalue weighted by molar-refractivity contribution is 5.76. The number of likely N-dealkylation sites (tertiary alicyclic amines) is 1. The normalized spacial score (nSPS) is 23.6. The second kappa shape index (κ2) is 5.09. The topological polar surface area (TPSA) is 52.2 Å². The Bertz CT molecular complexity index is 637. The first-order valence-electron chi connectivity index (χ1n) is 6.90. The maximum Gasteiger partial charge on any atom is 0.282 e. The number of nitrogens with zero attached hydrogens (tertiary/aromatic N) is 3. The lowest BCUT2D eigenvalue weighted by Crippen LogP contribution is -3.13. The van der Waals surface area contributed by atoms with Gasteiger partial charge in [-0.1, -0.05) is 24.3 Å². The molecule has 0 radical (unpaired) electrons. The molecule has 1 N–H and O–H groups in total. The van der Waals surface area contributed by atoms with Crippen LogP contribution in [0, 0.1) is 5.92 Å². The van der Waals surface area contributed by atoms with Gasteiger partial charge in [-0.3, -0.25) is 4.79 Å². The van der Waals surface area contributed by atoms with Crippen LogP contribution in [0.3, 0.4) is 0 Å². The number of fused-ring (bicyclic) bond motifs is 1. The van der Waals surface area contributed by atoms with E-state index in [-0.39, 0.29) is 5.56 Å². The first kappa shape index (κ1) is 12.3. The van der Waals surface area contributed by atoms with E-state index in [0.717, 1.165) is 19.0 Å². The van der Waals surface area contributed by atoms with Gasteiger partial charge in [-0.05, 0) is 25.0 Å². The van der Waals surface area contributed by atoms with Crippen molar-refractivity contribution in [1.29, 1.82) is 0 Å². The van der Waals surface area contributed by atoms with Crippen LogP contribution in [0.4, 0.5) is 0 Å². The molecule has 0 spiro atoms. The minimum absolute atomic E-state index is 0.0312. The van der Waals surface area contributed by atoms with Crippen LogP contribution in [0.15, 0.2) is 29.1 Å². The molecule has 0 aliphatic carbocycles. The summed E-state index contributed by atoms with van der Waals surface area (Å²) >= 11 is 0. The molecule has 0 saturated carbocycles. The van der Waals surface area contributed by atoms with Gasteiger partial charge in [0, 0.05) is 5.92 Å². The Morgan fingerprint density at radius 1 is 1.42 bits per heavy atom. The van der Waals surface area contributed by atoms with E-state index in [2.05, 4.69) is 17.2 Å². The number of hydrogen-bond acceptors (Lipinski definition) is 3. The number of benzene rings is 1. The van der Waals surface area contributed by atoms with E-state index in [1.165, 1.54) is 22.4 Å². The molecule has 0 amide bonds. The van der Waals surface area contributed by atoms with Gasteiger partial charge in [0.2, 0.25) is 0 Å². The van der Waals surface area contributed by atoms with Crippen LogP contribution in [-0.2, 0) is 6.67 Å². The monoisotopic (exact) mass is 259 g/mol. The zero-order chi connectivity index (χ0) is 13.2. The maximum absolute atomic E-state index is 12.3. The van der Waals surface area contributed by atoms with Crippen LogP contribution < -0.4 is 10.5 Å². The summed E-state index contributed by atoms with van der Waals surface area (Å²) in [6, 6.07) is 7.38. The van der Waals surface area contributed by atoms with E-state index in [1.54, 1.807) is 0 Å². The molecule has 0 bridgehead atoms. The Kier molecular flexibility index (Phi) is 3.29. The van der Waals surface area contributed by atoms with E-state index in [9.17, 15) is 4.79 Å². The molecular formula is C14H19N4O+. The van der Waals surface area contributed by atoms with Gasteiger partial charge in [0.25, 0.3) is 5.56 Å². The van der Waals surface area contributed by atoms with Crippen molar-refractivity contribution in [3.05, 3.63) is 34.6 Å². The van der Waals surface area contributed by atoms with Crippen LogP contribution in [0.2, 0.25) is 0 Å². The molecule has 100 valence electrons. The molecule has 1 aromatic carbocycles. The molecule has 2 heterocycles. The molecule has 1 fully saturated rings. The molecule has 5 nitrogen and oxygen atoms in total. The van der Waals surface area contributed by atoms with Gasteiger partial charge < -0.3 is 4.90 Å². The van der Waals surface area contributed by atoms with Gasteiger partial charge in [0.1, 0.15) is 5.52 Å². The van der Waals surface area contributed by atoms with E-state index in [4.69, 9.17) is 0 Å². The molecule has 3 rings (SSSR count). The lowest BCUT2D eigenvalue weighted by Gasteiger charge is -2.27. The Balaban J connectivity index is 1.89. The highest BCUT2D eigenvalue weighted by Crippen LogP contribution is 2.05. The Morgan fingerprint density at radius 3 is 3.11 bits per heavy atom. The summed E-state index contributed by atoms with van der Waals surface area (Å²) in [7, 11) is 0. The molecular weight excluding hydrogens is 240 g/mol. The third kappa shape index (κ3) is 2.51. The van der Waals surface area contributed by atoms with Crippen molar-refractivity contribution >= 4 is 10.9 Å². The molecule has 5 heteroatoms. The largest absolute Gasteiger partial charge is 0.316 e. The summed E-state index contributed by atoms with van der Waals surface area (Å²) in [5.41, 5.74) is 0.641. The Morgan fingerprint density at radius 2 is 2.26 bits per heavy atom. The van der Waals surface area contributed by atoms with Crippen LogP contribution in [0.1, 0.15) is 19.8 Å². The van der Waals surface area contributed by atoms with Crippen molar-refractivity contribution in [3.8, 4) is 0 Å². The van der Waals surface area contributed by atoms with Crippen molar-refractivity contribution in [3.63, 3.8) is 0 Å². The molecule has 2 aromatic rings. The van der Waals surface area contributed by atoms with Gasteiger partial charge in [0.15, 0.2) is 6.67 Å². The summed E-state index contributed by atoms with van der Waals surface area (Å²) in [4.78, 5) is 13.8. The van der Waals surface area contributed by atoms with Crippen LogP contribution in [-0.4, -0.2) is 28.1 Å². The van der Waals surface area contributed by atoms with E-state index in [1.807, 2.05) is 24.3 Å². The van der Waals surface area contributed by atoms with Crippen molar-refractivity contribution in [2.75, 3.05) is 13.1 Å². The predicted molar refractivity (Wildman–Crippen MR) is 72.9 cm³/mol. The van der Waals surface area contributed by atoms with E-state index >= 15 is 0 Å². The standard InChI is InChI=1S/C14H18N4O/c1-11-5-4-8-17(9-11)10-18-14(19)12-6-2-3-7-13(12)15-16-18/h2-3,6-7,11H,4-5,8-10H2,1H3/p+1/t11-/m0/s1. The van der Waals surface area contributed by atoms with Crippen molar-refractivity contribution < 1.29 is 4.90 Å². The second-order valence-corrected chi connectivity index (χ2v) is 5.52. The summed E-state index contributed by atoms with van der Waals surface area (Å²) in [6.07, 6.45) is 2.52. The summed E-state index contributed by atoms with van der Waals surface area (Å²) < 4.78 is 1.51. The van der Waals surface area contributed by atoms with Gasteiger partial charge >= 0.3 is 0 Å². The summed E-state index contributed by atoms with van der Waals surface area (Å²) in [5.74, 6) is 0.730. The molecule has 1 unspecified atom stereocenters. The van der Waals surface area contributed by atoms with E-state index in [0.29, 0.717) is 17.6 Å². The number of nitrogens with one attached hydrogen (secondary N) is 1. The summed E-state index contributed by atoms with van der Waals surface area (Å²) in [5, 5.41) is 8.84. The van der Waals surface area contributed by atoms with Gasteiger partial charge in [-0.2, -0.15) is 4.68 Å². The first-order chi connectivity index (χ1) is 9.24. The maximum atomic E-state index is 12.3. The van der Waals surface area contributed by atoms with Crippen LogP contribution in [0.25, 0.3) is 10.9 Å². The average molecular weight is 259 g/mol. The third-order valence-electron chi connectivity index (χ3n) is 3.87. The summed E-state index contributed by atoms with van der Waals surface area (Å²) in [6.45, 7) is 5.13. The lowest BCUT2D eigenvalue weighted by molar-refractivity contribution is -0.931. The number of piperidine rings is 1.